The molecule has 0 saturated heterocycles. The summed E-state index contributed by atoms with van der Waals surface area (Å²) >= 11 is 0. The van der Waals surface area contributed by atoms with E-state index in [1.165, 1.54) is 0 Å². The minimum absolute atomic E-state index is 0.116. The topological polar surface area (TPSA) is 21.6 Å². The van der Waals surface area contributed by atoms with E-state index in [4.69, 9.17) is 4.74 Å². The monoisotopic (exact) mass is 299 g/mol. The molecule has 2 heteroatoms. The number of hydrogen-bond acceptors (Lipinski definition) is 2. The predicted octanol–water partition coefficient (Wildman–Crippen LogP) is 4.63. The molecule has 0 spiro atoms. The quantitative estimate of drug-likeness (QED) is 0.807. The standard InChI is InChI=1S/C21H17NO/c1-3-8-17(9-4-1)21(18-10-5-2-6-11-18)23-19-13-7-12-16-14-15-22-20(16)19/h1-15,19,21H/t19-/m0/s1. The number of nitrogens with zero attached hydrogens (tertiary/aromatic N) is 1. The lowest BCUT2D eigenvalue weighted by Gasteiger charge is -2.25. The summed E-state index contributed by atoms with van der Waals surface area (Å²) in [7, 11) is 0. The average Bonchev–Trinajstić information content (AvgIpc) is 3.11. The second-order valence-corrected chi connectivity index (χ2v) is 5.60. The smallest absolute Gasteiger partial charge is 0.120 e. The van der Waals surface area contributed by atoms with Gasteiger partial charge in [-0.1, -0.05) is 72.8 Å². The first-order chi connectivity index (χ1) is 11.4. The van der Waals surface area contributed by atoms with Gasteiger partial charge in [0, 0.05) is 11.8 Å². The highest BCUT2D eigenvalue weighted by Gasteiger charge is 2.26. The Kier molecular flexibility index (Phi) is 3.75. The van der Waals surface area contributed by atoms with E-state index < -0.39 is 0 Å². The van der Waals surface area contributed by atoms with E-state index in [9.17, 15) is 0 Å². The van der Waals surface area contributed by atoms with Crippen LogP contribution in [0.5, 0.6) is 0 Å². The Morgan fingerprint density at radius 2 is 1.52 bits per heavy atom. The van der Waals surface area contributed by atoms with E-state index >= 15 is 0 Å². The lowest BCUT2D eigenvalue weighted by molar-refractivity contribution is 0.0725. The molecule has 0 radical (unpaired) electrons. The van der Waals surface area contributed by atoms with Crippen LogP contribution >= 0.6 is 0 Å². The molecule has 1 atom stereocenters. The van der Waals surface area contributed by atoms with Crippen molar-refractivity contribution in [3.63, 3.8) is 0 Å². The molecule has 0 aromatic heterocycles. The molecule has 4 rings (SSSR count). The van der Waals surface area contributed by atoms with Crippen molar-refractivity contribution in [3.05, 3.63) is 108 Å². The molecule has 2 aliphatic rings. The van der Waals surface area contributed by atoms with Gasteiger partial charge < -0.3 is 4.74 Å². The Morgan fingerprint density at radius 1 is 0.870 bits per heavy atom. The second kappa shape index (κ2) is 6.19. The number of aliphatic imine (C=N–C) groups is 1. The molecule has 0 amide bonds. The number of ether oxygens (including phenoxy) is 1. The van der Waals surface area contributed by atoms with Crippen LogP contribution in [0, 0.1) is 0 Å². The number of allylic oxidation sites excluding steroid dienone is 3. The van der Waals surface area contributed by atoms with Gasteiger partial charge in [-0.2, -0.15) is 0 Å². The molecule has 0 saturated carbocycles. The highest BCUT2D eigenvalue weighted by molar-refractivity contribution is 6.09. The van der Waals surface area contributed by atoms with Crippen molar-refractivity contribution in [3.8, 4) is 0 Å². The van der Waals surface area contributed by atoms with Crippen LogP contribution in [0.25, 0.3) is 0 Å². The summed E-state index contributed by atoms with van der Waals surface area (Å²) in [5, 5.41) is 0. The van der Waals surface area contributed by atoms with Gasteiger partial charge in [-0.3, -0.25) is 4.99 Å². The minimum Gasteiger partial charge on any atom is -0.355 e. The maximum Gasteiger partial charge on any atom is 0.120 e. The van der Waals surface area contributed by atoms with Crippen molar-refractivity contribution in [2.75, 3.05) is 0 Å². The average molecular weight is 299 g/mol. The lowest BCUT2D eigenvalue weighted by atomic mass is 9.98. The molecular formula is C21H17NO. The minimum atomic E-state index is -0.129. The Morgan fingerprint density at radius 3 is 2.17 bits per heavy atom. The van der Waals surface area contributed by atoms with Gasteiger partial charge in [0.1, 0.15) is 12.2 Å². The van der Waals surface area contributed by atoms with Crippen LogP contribution in [-0.2, 0) is 4.74 Å². The molecular weight excluding hydrogens is 282 g/mol. The van der Waals surface area contributed by atoms with Crippen molar-refractivity contribution in [2.24, 2.45) is 4.99 Å². The third kappa shape index (κ3) is 2.81. The Hall–Kier alpha value is -2.71. The summed E-state index contributed by atoms with van der Waals surface area (Å²) in [6.07, 6.45) is 9.79. The van der Waals surface area contributed by atoms with Crippen molar-refractivity contribution >= 4 is 5.71 Å². The molecule has 0 N–H and O–H groups in total. The van der Waals surface area contributed by atoms with E-state index in [1.807, 2.05) is 54.8 Å². The van der Waals surface area contributed by atoms with Crippen molar-refractivity contribution < 1.29 is 4.74 Å². The summed E-state index contributed by atoms with van der Waals surface area (Å²) in [5.74, 6) is 0. The van der Waals surface area contributed by atoms with Gasteiger partial charge in [-0.15, -0.1) is 0 Å². The van der Waals surface area contributed by atoms with Crippen molar-refractivity contribution in [2.45, 2.75) is 12.2 Å². The SMILES string of the molecule is C1=C[C@H](OC(c2ccccc2)c2ccccc2)C2=NC=CC2=C1. The molecule has 1 aliphatic heterocycles. The van der Waals surface area contributed by atoms with E-state index in [0.717, 1.165) is 22.4 Å². The van der Waals surface area contributed by atoms with Crippen LogP contribution in [0.2, 0.25) is 0 Å². The van der Waals surface area contributed by atoms with E-state index in [0.29, 0.717) is 0 Å². The third-order valence-corrected chi connectivity index (χ3v) is 4.08. The molecule has 23 heavy (non-hydrogen) atoms. The zero-order valence-corrected chi connectivity index (χ0v) is 12.7. The summed E-state index contributed by atoms with van der Waals surface area (Å²) in [4.78, 5) is 4.47. The highest BCUT2D eigenvalue weighted by atomic mass is 16.5. The van der Waals surface area contributed by atoms with Crippen LogP contribution in [0.15, 0.2) is 102 Å². The van der Waals surface area contributed by atoms with Crippen LogP contribution in [0.1, 0.15) is 17.2 Å². The maximum atomic E-state index is 6.48. The first kappa shape index (κ1) is 13.9. The first-order valence-corrected chi connectivity index (χ1v) is 7.80. The predicted molar refractivity (Wildman–Crippen MR) is 93.4 cm³/mol. The van der Waals surface area contributed by atoms with Crippen LogP contribution in [0.3, 0.4) is 0 Å². The Balaban J connectivity index is 1.67. The number of fused-ring (bicyclic) bond motifs is 1. The number of hydrogen-bond donors (Lipinski definition) is 0. The maximum absolute atomic E-state index is 6.48. The van der Waals surface area contributed by atoms with E-state index in [1.54, 1.807) is 0 Å². The van der Waals surface area contributed by atoms with Gasteiger partial charge >= 0.3 is 0 Å². The van der Waals surface area contributed by atoms with Crippen molar-refractivity contribution in [1.82, 2.24) is 0 Å². The summed E-state index contributed by atoms with van der Waals surface area (Å²) in [6.45, 7) is 0. The summed E-state index contributed by atoms with van der Waals surface area (Å²) in [6, 6.07) is 20.7. The van der Waals surface area contributed by atoms with E-state index in [-0.39, 0.29) is 12.2 Å². The second-order valence-electron chi connectivity index (χ2n) is 5.60. The summed E-state index contributed by atoms with van der Waals surface area (Å²) in [5.41, 5.74) is 4.42. The highest BCUT2D eigenvalue weighted by Crippen LogP contribution is 2.30. The molecule has 2 aromatic rings. The molecule has 0 unspecified atom stereocenters. The zero-order valence-electron chi connectivity index (χ0n) is 12.7. The molecule has 112 valence electrons. The fourth-order valence-electron chi connectivity index (χ4n) is 2.95. The lowest BCUT2D eigenvalue weighted by Crippen LogP contribution is -2.26. The number of rotatable bonds is 4. The van der Waals surface area contributed by atoms with Gasteiger partial charge in [0.15, 0.2) is 0 Å². The fourth-order valence-corrected chi connectivity index (χ4v) is 2.95. The molecule has 0 bridgehead atoms. The van der Waals surface area contributed by atoms with Gasteiger partial charge in [0.2, 0.25) is 0 Å². The number of benzene rings is 2. The molecule has 2 aromatic carbocycles. The van der Waals surface area contributed by atoms with Crippen LogP contribution in [-0.4, -0.2) is 11.8 Å². The van der Waals surface area contributed by atoms with E-state index in [2.05, 4.69) is 41.4 Å². The first-order valence-electron chi connectivity index (χ1n) is 7.80. The van der Waals surface area contributed by atoms with Gasteiger partial charge in [0.25, 0.3) is 0 Å². The Bertz CT molecular complexity index is 761. The Labute approximate surface area is 136 Å². The van der Waals surface area contributed by atoms with Crippen LogP contribution in [0.4, 0.5) is 0 Å². The molecule has 0 fully saturated rings. The van der Waals surface area contributed by atoms with Gasteiger partial charge in [-0.25, -0.2) is 0 Å². The molecule has 1 aliphatic carbocycles. The largest absolute Gasteiger partial charge is 0.355 e. The van der Waals surface area contributed by atoms with Crippen LogP contribution < -0.4 is 0 Å². The van der Waals surface area contributed by atoms with Gasteiger partial charge in [0.05, 0.1) is 5.71 Å². The third-order valence-electron chi connectivity index (χ3n) is 4.08. The molecule has 1 heterocycles. The fraction of sp³-hybridized carbons (Fsp3) is 0.0952. The zero-order chi connectivity index (χ0) is 15.5. The van der Waals surface area contributed by atoms with Crippen molar-refractivity contribution in [1.29, 1.82) is 0 Å². The summed E-state index contributed by atoms with van der Waals surface area (Å²) < 4.78 is 6.48. The van der Waals surface area contributed by atoms with Gasteiger partial charge in [-0.05, 0) is 23.3 Å². The molecule has 2 nitrogen and oxygen atoms in total. The normalized spacial score (nSPS) is 18.7.